The zero-order valence-corrected chi connectivity index (χ0v) is 20.7. The number of aromatic nitrogens is 3. The Kier molecular flexibility index (Phi) is 6.05. The lowest BCUT2D eigenvalue weighted by Crippen LogP contribution is -2.41. The van der Waals surface area contributed by atoms with Crippen molar-refractivity contribution in [3.63, 3.8) is 0 Å². The van der Waals surface area contributed by atoms with E-state index in [1.165, 1.54) is 0 Å². The fraction of sp³-hybridized carbons (Fsp3) is 0.500. The van der Waals surface area contributed by atoms with E-state index in [1.54, 1.807) is 20.5 Å². The van der Waals surface area contributed by atoms with Gasteiger partial charge >= 0.3 is 7.12 Å². The van der Waals surface area contributed by atoms with Crippen molar-refractivity contribution in [1.29, 1.82) is 0 Å². The molecule has 176 valence electrons. The third-order valence-corrected chi connectivity index (χ3v) is 6.64. The van der Waals surface area contributed by atoms with Crippen molar-refractivity contribution < 1.29 is 18.8 Å². The summed E-state index contributed by atoms with van der Waals surface area (Å²) in [5.41, 5.74) is 1.87. The Balaban J connectivity index is 1.74. The highest BCUT2D eigenvalue weighted by atomic mass is 16.7. The van der Waals surface area contributed by atoms with Gasteiger partial charge in [-0.2, -0.15) is 0 Å². The molecule has 0 amide bonds. The second kappa shape index (κ2) is 8.54. The number of nitrogens with one attached hydrogen (secondary N) is 1. The minimum absolute atomic E-state index is 0.216. The molecule has 4 rings (SSSR count). The maximum Gasteiger partial charge on any atom is 0.497 e. The number of fused-ring (bicyclic) bond motifs is 1. The van der Waals surface area contributed by atoms with E-state index in [0.29, 0.717) is 6.54 Å². The summed E-state index contributed by atoms with van der Waals surface area (Å²) in [7, 11) is 2.78. The Hall–Kier alpha value is -2.78. The summed E-state index contributed by atoms with van der Waals surface area (Å²) in [4.78, 5) is 9.18. The molecule has 0 unspecified atom stereocenters. The zero-order chi connectivity index (χ0) is 24.0. The molecule has 1 fully saturated rings. The lowest BCUT2D eigenvalue weighted by atomic mass is 9.79. The van der Waals surface area contributed by atoms with E-state index >= 15 is 0 Å². The molecule has 0 radical (unpaired) electrons. The smallest absolute Gasteiger partial charge is 0.497 e. The lowest BCUT2D eigenvalue weighted by Gasteiger charge is -2.32. The first kappa shape index (κ1) is 23.4. The van der Waals surface area contributed by atoms with Crippen LogP contribution in [0.3, 0.4) is 0 Å². The van der Waals surface area contributed by atoms with Gasteiger partial charge in [0.1, 0.15) is 29.3 Å². The van der Waals surface area contributed by atoms with Gasteiger partial charge in [0.05, 0.1) is 30.8 Å². The summed E-state index contributed by atoms with van der Waals surface area (Å²) in [6, 6.07) is 5.99. The minimum atomic E-state index is -0.514. The van der Waals surface area contributed by atoms with Crippen molar-refractivity contribution in [3.8, 4) is 11.5 Å². The molecular formula is C24H33BN4O4. The van der Waals surface area contributed by atoms with Crippen molar-refractivity contribution in [2.24, 2.45) is 0 Å². The Bertz CT molecular complexity index is 1140. The number of methoxy groups -OCH3 is 2. The van der Waals surface area contributed by atoms with Crippen molar-refractivity contribution in [1.82, 2.24) is 14.5 Å². The second-order valence-corrected chi connectivity index (χ2v) is 9.63. The molecule has 3 heterocycles. The fourth-order valence-corrected chi connectivity index (χ4v) is 3.97. The molecule has 0 atom stereocenters. The summed E-state index contributed by atoms with van der Waals surface area (Å²) in [6.45, 7) is 13.0. The Labute approximate surface area is 195 Å². The van der Waals surface area contributed by atoms with Crippen molar-refractivity contribution >= 4 is 29.4 Å². The van der Waals surface area contributed by atoms with E-state index in [2.05, 4.69) is 67.6 Å². The van der Waals surface area contributed by atoms with Gasteiger partial charge in [-0.1, -0.05) is 0 Å². The van der Waals surface area contributed by atoms with Gasteiger partial charge in [-0.3, -0.25) is 0 Å². The van der Waals surface area contributed by atoms with Crippen LogP contribution in [0.1, 0.15) is 53.1 Å². The normalized spacial score (nSPS) is 17.1. The second-order valence-electron chi connectivity index (χ2n) is 9.63. The average molecular weight is 452 g/mol. The third-order valence-electron chi connectivity index (χ3n) is 6.64. The molecule has 0 saturated carbocycles. The summed E-state index contributed by atoms with van der Waals surface area (Å²) in [6.07, 6.45) is 3.66. The SMILES string of the molecule is COc1ccc(CNc2ncnc3c2c(B2OC(C)(C)C(C)(C)O2)cn3C(C)C)c(OC)c1. The van der Waals surface area contributed by atoms with E-state index < -0.39 is 18.3 Å². The molecule has 0 aliphatic carbocycles. The van der Waals surface area contributed by atoms with Gasteiger partial charge in [0, 0.05) is 35.9 Å². The molecule has 33 heavy (non-hydrogen) atoms. The number of hydrogen-bond donors (Lipinski definition) is 1. The maximum atomic E-state index is 6.38. The molecule has 8 nitrogen and oxygen atoms in total. The van der Waals surface area contributed by atoms with E-state index in [4.69, 9.17) is 18.8 Å². The molecule has 9 heteroatoms. The van der Waals surface area contributed by atoms with Crippen LogP contribution in [0, 0.1) is 0 Å². The zero-order valence-electron chi connectivity index (χ0n) is 20.7. The van der Waals surface area contributed by atoms with E-state index in [0.717, 1.165) is 39.4 Å². The van der Waals surface area contributed by atoms with Gasteiger partial charge in [-0.25, -0.2) is 9.97 Å². The van der Waals surface area contributed by atoms with Crippen LogP contribution >= 0.6 is 0 Å². The van der Waals surface area contributed by atoms with E-state index in [1.807, 2.05) is 18.2 Å². The van der Waals surface area contributed by atoms with Crippen molar-refractivity contribution in [2.45, 2.75) is 65.3 Å². The van der Waals surface area contributed by atoms with Crippen LogP contribution < -0.4 is 20.3 Å². The topological polar surface area (TPSA) is 79.7 Å². The Morgan fingerprint density at radius 3 is 2.36 bits per heavy atom. The predicted molar refractivity (Wildman–Crippen MR) is 131 cm³/mol. The van der Waals surface area contributed by atoms with Crippen LogP contribution in [0.4, 0.5) is 5.82 Å². The fourth-order valence-electron chi connectivity index (χ4n) is 3.97. The largest absolute Gasteiger partial charge is 0.497 e. The van der Waals surface area contributed by atoms with Crippen LogP contribution in [0.15, 0.2) is 30.7 Å². The number of anilines is 1. The molecule has 2 aromatic heterocycles. The monoisotopic (exact) mass is 452 g/mol. The van der Waals surface area contributed by atoms with E-state index in [9.17, 15) is 0 Å². The molecule has 1 aromatic carbocycles. The quantitative estimate of drug-likeness (QED) is 0.544. The van der Waals surface area contributed by atoms with Gasteiger partial charge in [0.2, 0.25) is 0 Å². The first-order valence-corrected chi connectivity index (χ1v) is 11.2. The molecule has 1 aliphatic rings. The van der Waals surface area contributed by atoms with Crippen LogP contribution in [-0.4, -0.2) is 47.1 Å². The Morgan fingerprint density at radius 1 is 1.06 bits per heavy atom. The van der Waals surface area contributed by atoms with Crippen molar-refractivity contribution in [2.75, 3.05) is 19.5 Å². The highest BCUT2D eigenvalue weighted by Crippen LogP contribution is 2.38. The molecule has 0 bridgehead atoms. The predicted octanol–water partition coefficient (Wildman–Crippen LogP) is 3.94. The molecule has 1 saturated heterocycles. The van der Waals surface area contributed by atoms with E-state index in [-0.39, 0.29) is 6.04 Å². The summed E-state index contributed by atoms with van der Waals surface area (Å²) >= 11 is 0. The van der Waals surface area contributed by atoms with Crippen LogP contribution in [-0.2, 0) is 15.9 Å². The molecule has 3 aromatic rings. The number of benzene rings is 1. The maximum absolute atomic E-state index is 6.38. The average Bonchev–Trinajstić information content (AvgIpc) is 3.26. The third kappa shape index (κ3) is 4.15. The number of hydrogen-bond acceptors (Lipinski definition) is 7. The lowest BCUT2D eigenvalue weighted by molar-refractivity contribution is 0.00578. The van der Waals surface area contributed by atoms with Gasteiger partial charge < -0.3 is 28.7 Å². The highest BCUT2D eigenvalue weighted by molar-refractivity contribution is 6.65. The summed E-state index contributed by atoms with van der Waals surface area (Å²) in [5, 5.41) is 4.38. The number of rotatable bonds is 7. The van der Waals surface area contributed by atoms with Gasteiger partial charge in [0.25, 0.3) is 0 Å². The van der Waals surface area contributed by atoms with Gasteiger partial charge in [-0.15, -0.1) is 0 Å². The van der Waals surface area contributed by atoms with Gasteiger partial charge in [0.15, 0.2) is 0 Å². The number of ether oxygens (including phenoxy) is 2. The molecule has 1 N–H and O–H groups in total. The molecule has 0 spiro atoms. The van der Waals surface area contributed by atoms with Crippen LogP contribution in [0.2, 0.25) is 0 Å². The van der Waals surface area contributed by atoms with Crippen LogP contribution in [0.5, 0.6) is 11.5 Å². The first-order chi connectivity index (χ1) is 15.6. The summed E-state index contributed by atoms with van der Waals surface area (Å²) < 4.78 is 25.8. The molecule has 1 aliphatic heterocycles. The minimum Gasteiger partial charge on any atom is -0.497 e. The standard InChI is InChI=1S/C24H33BN4O4/c1-15(2)29-13-18(25-32-23(3,4)24(5,6)33-25)20-21(27-14-28-22(20)29)26-12-16-9-10-17(30-7)11-19(16)31-8/h9-11,13-15H,12H2,1-8H3,(H,26,27,28). The Morgan fingerprint density at radius 2 is 1.76 bits per heavy atom. The molecular weight excluding hydrogens is 419 g/mol. The highest BCUT2D eigenvalue weighted by Gasteiger charge is 2.52. The number of nitrogens with zero attached hydrogens (tertiary/aromatic N) is 3. The van der Waals surface area contributed by atoms with Crippen molar-refractivity contribution in [3.05, 3.63) is 36.3 Å². The van der Waals surface area contributed by atoms with Crippen LogP contribution in [0.25, 0.3) is 11.0 Å². The van der Waals surface area contributed by atoms with Gasteiger partial charge in [-0.05, 0) is 53.7 Å². The summed E-state index contributed by atoms with van der Waals surface area (Å²) in [5.74, 6) is 2.22. The first-order valence-electron chi connectivity index (χ1n) is 11.2.